The Bertz CT molecular complexity index is 1820. The van der Waals surface area contributed by atoms with E-state index in [1.807, 2.05) is 0 Å². The Morgan fingerprint density at radius 3 is 2.25 bits per heavy atom. The van der Waals surface area contributed by atoms with Gasteiger partial charge in [-0.2, -0.15) is 18.4 Å². The molecule has 3 aromatic rings. The van der Waals surface area contributed by atoms with Crippen molar-refractivity contribution < 1.29 is 39.6 Å². The van der Waals surface area contributed by atoms with Gasteiger partial charge in [0.2, 0.25) is 10.0 Å². The fourth-order valence-electron chi connectivity index (χ4n) is 3.49. The van der Waals surface area contributed by atoms with E-state index in [0.717, 1.165) is 25.1 Å². The molecule has 3 rings (SSSR count). The third-order valence-corrected chi connectivity index (χ3v) is 7.12. The maximum Gasteiger partial charge on any atom is 0.431 e. The number of nitriles is 1. The molecule has 0 saturated carbocycles. The van der Waals surface area contributed by atoms with Gasteiger partial charge in [-0.15, -0.1) is 0 Å². The second-order valence-corrected chi connectivity index (χ2v) is 10.1. The molecule has 1 heterocycles. The summed E-state index contributed by atoms with van der Waals surface area (Å²) in [7, 11) is -3.97. The van der Waals surface area contributed by atoms with Crippen molar-refractivity contribution in [2.24, 2.45) is 7.05 Å². The third-order valence-electron chi connectivity index (χ3n) is 5.46. The highest BCUT2D eigenvalue weighted by molar-refractivity contribution is 7.93. The van der Waals surface area contributed by atoms with Crippen LogP contribution in [0.4, 0.5) is 32.0 Å². The lowest BCUT2D eigenvalue weighted by molar-refractivity contribution is -0.144. The standard InChI is InChI=1S/C24H16F6N4O5S/c1-3-40(38,39)34(21(35)7-5-13-4-6-15(25)16(26)8-13)18-10-19(17(27)9-14(18)12-31)33-22(36)11-20(24(28,29)30)32(2)23(33)37/h4-11H,3H2,1-2H3/b7-5+. The Morgan fingerprint density at radius 1 is 1.05 bits per heavy atom. The normalized spacial score (nSPS) is 12.0. The first-order valence-electron chi connectivity index (χ1n) is 10.9. The molecule has 0 bridgehead atoms. The minimum absolute atomic E-state index is 0.00892. The molecule has 0 aliphatic carbocycles. The fraction of sp³-hybridized carbons (Fsp3) is 0.167. The van der Waals surface area contributed by atoms with E-state index in [4.69, 9.17) is 0 Å². The van der Waals surface area contributed by atoms with Crippen molar-refractivity contribution in [3.8, 4) is 11.8 Å². The Kier molecular flexibility index (Phi) is 8.11. The lowest BCUT2D eigenvalue weighted by Gasteiger charge is -2.23. The summed E-state index contributed by atoms with van der Waals surface area (Å²) in [6, 6.07) is 4.83. The van der Waals surface area contributed by atoms with Crippen LogP contribution in [0.5, 0.6) is 0 Å². The molecule has 2 aromatic carbocycles. The Labute approximate surface area is 221 Å². The molecular weight excluding hydrogens is 570 g/mol. The van der Waals surface area contributed by atoms with Crippen LogP contribution in [0.3, 0.4) is 0 Å². The molecule has 9 nitrogen and oxygen atoms in total. The van der Waals surface area contributed by atoms with E-state index in [2.05, 4.69) is 0 Å². The molecule has 0 spiro atoms. The zero-order valence-electron chi connectivity index (χ0n) is 20.3. The first kappa shape index (κ1) is 29.9. The van der Waals surface area contributed by atoms with E-state index in [0.29, 0.717) is 31.3 Å². The molecule has 210 valence electrons. The van der Waals surface area contributed by atoms with E-state index in [1.165, 1.54) is 6.07 Å². The predicted octanol–water partition coefficient (Wildman–Crippen LogP) is 3.24. The molecular formula is C24H16F6N4O5S. The molecule has 0 N–H and O–H groups in total. The lowest BCUT2D eigenvalue weighted by Crippen LogP contribution is -2.41. The molecule has 1 aromatic heterocycles. The van der Waals surface area contributed by atoms with Gasteiger partial charge in [-0.25, -0.2) is 35.3 Å². The maximum absolute atomic E-state index is 15.0. The molecule has 16 heteroatoms. The first-order valence-corrected chi connectivity index (χ1v) is 12.5. The zero-order valence-corrected chi connectivity index (χ0v) is 21.1. The predicted molar refractivity (Wildman–Crippen MR) is 129 cm³/mol. The van der Waals surface area contributed by atoms with E-state index < -0.39 is 79.2 Å². The number of sulfonamides is 1. The highest BCUT2D eigenvalue weighted by Crippen LogP contribution is 2.30. The summed E-state index contributed by atoms with van der Waals surface area (Å²) < 4.78 is 107. The second kappa shape index (κ2) is 10.8. The van der Waals surface area contributed by atoms with Gasteiger partial charge < -0.3 is 0 Å². The fourth-order valence-corrected chi connectivity index (χ4v) is 4.53. The largest absolute Gasteiger partial charge is 0.431 e. The van der Waals surface area contributed by atoms with Gasteiger partial charge in [0.25, 0.3) is 11.5 Å². The smallest absolute Gasteiger partial charge is 0.292 e. The van der Waals surface area contributed by atoms with Gasteiger partial charge in [0.1, 0.15) is 17.6 Å². The van der Waals surface area contributed by atoms with Crippen LogP contribution in [0.1, 0.15) is 23.7 Å². The molecule has 0 saturated heterocycles. The lowest BCUT2D eigenvalue weighted by atomic mass is 10.1. The number of carbonyl (C=O) groups is 1. The Morgan fingerprint density at radius 2 is 1.70 bits per heavy atom. The quantitative estimate of drug-likeness (QED) is 0.323. The van der Waals surface area contributed by atoms with Gasteiger partial charge in [-0.1, -0.05) is 6.07 Å². The van der Waals surface area contributed by atoms with Crippen molar-refractivity contribution in [2.45, 2.75) is 13.1 Å². The summed E-state index contributed by atoms with van der Waals surface area (Å²) in [4.78, 5) is 38.2. The number of halogens is 6. The minimum Gasteiger partial charge on any atom is -0.292 e. The zero-order chi connectivity index (χ0) is 30.2. The highest BCUT2D eigenvalue weighted by atomic mass is 32.2. The summed E-state index contributed by atoms with van der Waals surface area (Å²) >= 11 is 0. The summed E-state index contributed by atoms with van der Waals surface area (Å²) in [6.45, 7) is 1.11. The summed E-state index contributed by atoms with van der Waals surface area (Å²) in [5, 5.41) is 9.51. The van der Waals surface area contributed by atoms with Crippen LogP contribution in [-0.2, 0) is 28.0 Å². The number of aromatic nitrogens is 2. The van der Waals surface area contributed by atoms with Crippen LogP contribution in [-0.4, -0.2) is 29.2 Å². The van der Waals surface area contributed by atoms with E-state index in [1.54, 1.807) is 0 Å². The van der Waals surface area contributed by atoms with E-state index in [9.17, 15) is 54.4 Å². The number of anilines is 1. The number of rotatable bonds is 6. The van der Waals surface area contributed by atoms with Crippen molar-refractivity contribution in [2.75, 3.05) is 10.1 Å². The molecule has 0 unspecified atom stereocenters. The summed E-state index contributed by atoms with van der Waals surface area (Å²) in [6.07, 6.45) is -3.60. The van der Waals surface area contributed by atoms with Crippen molar-refractivity contribution in [1.82, 2.24) is 9.13 Å². The molecule has 0 radical (unpaired) electrons. The van der Waals surface area contributed by atoms with Crippen molar-refractivity contribution >= 4 is 27.7 Å². The molecule has 40 heavy (non-hydrogen) atoms. The monoisotopic (exact) mass is 586 g/mol. The third kappa shape index (κ3) is 5.69. The van der Waals surface area contributed by atoms with Gasteiger partial charge in [0, 0.05) is 19.2 Å². The molecule has 0 atom stereocenters. The second-order valence-electron chi connectivity index (χ2n) is 7.99. The summed E-state index contributed by atoms with van der Waals surface area (Å²) in [5.41, 5.74) is -7.67. The number of hydrogen-bond acceptors (Lipinski definition) is 6. The van der Waals surface area contributed by atoms with Crippen LogP contribution in [0.2, 0.25) is 0 Å². The number of nitrogens with zero attached hydrogens (tertiary/aromatic N) is 4. The van der Waals surface area contributed by atoms with Gasteiger partial charge >= 0.3 is 11.9 Å². The van der Waals surface area contributed by atoms with Crippen LogP contribution < -0.4 is 15.6 Å². The topological polar surface area (TPSA) is 122 Å². The van der Waals surface area contributed by atoms with Crippen LogP contribution in [0.25, 0.3) is 11.8 Å². The van der Waals surface area contributed by atoms with Crippen LogP contribution in [0, 0.1) is 28.8 Å². The average molecular weight is 586 g/mol. The van der Waals surface area contributed by atoms with Crippen LogP contribution >= 0.6 is 0 Å². The molecule has 0 aliphatic rings. The molecule has 0 aliphatic heterocycles. The highest BCUT2D eigenvalue weighted by Gasteiger charge is 2.36. The Balaban J connectivity index is 2.29. The van der Waals surface area contributed by atoms with Gasteiger partial charge in [0.15, 0.2) is 11.6 Å². The maximum atomic E-state index is 15.0. The van der Waals surface area contributed by atoms with Crippen molar-refractivity contribution in [1.29, 1.82) is 5.26 Å². The average Bonchev–Trinajstić information content (AvgIpc) is 2.87. The number of amides is 1. The van der Waals surface area contributed by atoms with Crippen LogP contribution in [0.15, 0.2) is 52.1 Å². The van der Waals surface area contributed by atoms with Gasteiger partial charge in [-0.05, 0) is 42.8 Å². The number of benzene rings is 2. The molecule has 1 amide bonds. The number of carbonyl (C=O) groups excluding carboxylic acids is 1. The number of hydrogen-bond donors (Lipinski definition) is 0. The first-order chi connectivity index (χ1) is 18.5. The number of alkyl halides is 3. The SMILES string of the molecule is CCS(=O)(=O)N(C(=O)/C=C/c1ccc(F)c(F)c1)c1cc(-n2c(=O)cc(C(F)(F)F)n(C)c2=O)c(F)cc1C#N. The van der Waals surface area contributed by atoms with E-state index >= 15 is 0 Å². The van der Waals surface area contributed by atoms with Crippen molar-refractivity contribution in [3.05, 3.63) is 97.6 Å². The molecule has 0 fully saturated rings. The van der Waals surface area contributed by atoms with Gasteiger partial charge in [0.05, 0.1) is 22.7 Å². The van der Waals surface area contributed by atoms with Gasteiger partial charge in [-0.3, -0.25) is 14.2 Å². The minimum atomic E-state index is -5.13. The Hall–Kier alpha value is -4.65. The van der Waals surface area contributed by atoms with E-state index in [-0.39, 0.29) is 25.1 Å². The van der Waals surface area contributed by atoms with Crippen molar-refractivity contribution in [3.63, 3.8) is 0 Å². The summed E-state index contributed by atoms with van der Waals surface area (Å²) in [5.74, 6) is -6.07.